The van der Waals surface area contributed by atoms with Gasteiger partial charge in [0.2, 0.25) is 0 Å². The lowest BCUT2D eigenvalue weighted by Crippen LogP contribution is -2.40. The molecule has 0 bridgehead atoms. The molecule has 4 nitrogen and oxygen atoms in total. The van der Waals surface area contributed by atoms with Gasteiger partial charge >= 0.3 is 0 Å². The molecule has 4 heteroatoms. The molecule has 2 atom stereocenters. The van der Waals surface area contributed by atoms with E-state index in [4.69, 9.17) is 4.74 Å². The van der Waals surface area contributed by atoms with Crippen molar-refractivity contribution in [3.63, 3.8) is 0 Å². The summed E-state index contributed by atoms with van der Waals surface area (Å²) in [5.41, 5.74) is 1.20. The molecule has 1 aliphatic rings. The van der Waals surface area contributed by atoms with Gasteiger partial charge in [0.25, 0.3) is 0 Å². The summed E-state index contributed by atoms with van der Waals surface area (Å²) in [7, 11) is 3.72. The smallest absolute Gasteiger partial charge is 0.119 e. The number of benzene rings is 1. The van der Waals surface area contributed by atoms with Crippen molar-refractivity contribution < 1.29 is 9.84 Å². The van der Waals surface area contributed by atoms with Crippen LogP contribution in [-0.4, -0.2) is 49.4 Å². The summed E-state index contributed by atoms with van der Waals surface area (Å²) in [4.78, 5) is 2.18. The molecule has 2 rings (SSSR count). The molecule has 0 aromatic heterocycles. The van der Waals surface area contributed by atoms with E-state index in [2.05, 4.69) is 16.3 Å². The Labute approximate surface area is 102 Å². The Morgan fingerprint density at radius 1 is 1.47 bits per heavy atom. The van der Waals surface area contributed by atoms with Crippen molar-refractivity contribution in [3.05, 3.63) is 29.8 Å². The van der Waals surface area contributed by atoms with Crippen LogP contribution in [0.25, 0.3) is 0 Å². The summed E-state index contributed by atoms with van der Waals surface area (Å²) in [5.74, 6) is 0.876. The lowest BCUT2D eigenvalue weighted by Gasteiger charge is -2.26. The van der Waals surface area contributed by atoms with Crippen LogP contribution < -0.4 is 10.1 Å². The molecule has 1 aliphatic heterocycles. The van der Waals surface area contributed by atoms with Gasteiger partial charge in [-0.2, -0.15) is 0 Å². The number of aliphatic hydroxyl groups excluding tert-OH is 1. The highest BCUT2D eigenvalue weighted by molar-refractivity contribution is 5.28. The minimum absolute atomic E-state index is 0.196. The first-order chi connectivity index (χ1) is 8.20. The van der Waals surface area contributed by atoms with E-state index in [1.807, 2.05) is 25.2 Å². The average Bonchev–Trinajstić information content (AvgIpc) is 2.76. The van der Waals surface area contributed by atoms with Gasteiger partial charge in [0.05, 0.1) is 13.2 Å². The SMILES string of the molecule is COc1cccc(CN(C)[C@H]2CNC[C@@H]2O)c1. The Kier molecular flexibility index (Phi) is 3.99. The Balaban J connectivity index is 1.99. The number of ether oxygens (including phenoxy) is 1. The molecule has 94 valence electrons. The Hall–Kier alpha value is -1.10. The lowest BCUT2D eigenvalue weighted by molar-refractivity contribution is 0.0955. The zero-order valence-corrected chi connectivity index (χ0v) is 10.4. The lowest BCUT2D eigenvalue weighted by atomic mass is 10.1. The summed E-state index contributed by atoms with van der Waals surface area (Å²) in [5, 5.41) is 13.0. The number of nitrogens with zero attached hydrogens (tertiary/aromatic N) is 1. The van der Waals surface area contributed by atoms with E-state index in [9.17, 15) is 5.11 Å². The van der Waals surface area contributed by atoms with Gasteiger partial charge in [0, 0.05) is 25.7 Å². The predicted molar refractivity (Wildman–Crippen MR) is 67.1 cm³/mol. The molecular formula is C13H20N2O2. The van der Waals surface area contributed by atoms with E-state index in [1.165, 1.54) is 5.56 Å². The number of rotatable bonds is 4. The van der Waals surface area contributed by atoms with E-state index < -0.39 is 0 Å². The molecule has 0 unspecified atom stereocenters. The van der Waals surface area contributed by atoms with E-state index in [1.54, 1.807) is 7.11 Å². The van der Waals surface area contributed by atoms with Crippen LogP contribution in [0.3, 0.4) is 0 Å². The molecule has 0 aliphatic carbocycles. The normalized spacial score (nSPS) is 24.2. The van der Waals surface area contributed by atoms with Crippen LogP contribution in [0.15, 0.2) is 24.3 Å². The number of methoxy groups -OCH3 is 1. The second-order valence-electron chi connectivity index (χ2n) is 4.56. The number of nitrogens with one attached hydrogen (secondary N) is 1. The third-order valence-corrected chi connectivity index (χ3v) is 3.28. The standard InChI is InChI=1S/C13H20N2O2/c1-15(12-7-14-8-13(12)16)9-10-4-3-5-11(6-10)17-2/h3-6,12-14,16H,7-9H2,1-2H3/t12-,13-/m0/s1. The molecule has 2 N–H and O–H groups in total. The maximum atomic E-state index is 9.81. The summed E-state index contributed by atoms with van der Waals surface area (Å²) >= 11 is 0. The molecule has 0 saturated carbocycles. The fraction of sp³-hybridized carbons (Fsp3) is 0.538. The Bertz CT molecular complexity index is 370. The van der Waals surface area contributed by atoms with E-state index in [0.29, 0.717) is 6.54 Å². The maximum absolute atomic E-state index is 9.81. The molecule has 0 amide bonds. The second-order valence-corrected chi connectivity index (χ2v) is 4.56. The average molecular weight is 236 g/mol. The molecule has 1 aromatic carbocycles. The van der Waals surface area contributed by atoms with Gasteiger partial charge in [-0.1, -0.05) is 12.1 Å². The summed E-state index contributed by atoms with van der Waals surface area (Å²) in [6.07, 6.45) is -0.273. The van der Waals surface area contributed by atoms with Crippen molar-refractivity contribution in [1.29, 1.82) is 0 Å². The third-order valence-electron chi connectivity index (χ3n) is 3.28. The highest BCUT2D eigenvalue weighted by Gasteiger charge is 2.28. The fourth-order valence-electron chi connectivity index (χ4n) is 2.28. The highest BCUT2D eigenvalue weighted by atomic mass is 16.5. The van der Waals surface area contributed by atoms with Crippen LogP contribution in [0, 0.1) is 0 Å². The first-order valence-electron chi connectivity index (χ1n) is 5.92. The number of likely N-dealkylation sites (N-methyl/N-ethyl adjacent to an activating group) is 1. The molecule has 17 heavy (non-hydrogen) atoms. The zero-order chi connectivity index (χ0) is 12.3. The number of hydrogen-bond donors (Lipinski definition) is 2. The topological polar surface area (TPSA) is 44.7 Å². The van der Waals surface area contributed by atoms with E-state index in [0.717, 1.165) is 18.8 Å². The molecule has 1 heterocycles. The minimum Gasteiger partial charge on any atom is -0.497 e. The molecular weight excluding hydrogens is 216 g/mol. The van der Waals surface area contributed by atoms with Gasteiger partial charge in [-0.3, -0.25) is 4.90 Å². The molecule has 1 saturated heterocycles. The van der Waals surface area contributed by atoms with E-state index in [-0.39, 0.29) is 12.1 Å². The second kappa shape index (κ2) is 5.49. The van der Waals surface area contributed by atoms with Gasteiger partial charge in [-0.25, -0.2) is 0 Å². The van der Waals surface area contributed by atoms with Crippen LogP contribution in [0.1, 0.15) is 5.56 Å². The highest BCUT2D eigenvalue weighted by Crippen LogP contribution is 2.16. The number of aliphatic hydroxyl groups is 1. The van der Waals surface area contributed by atoms with E-state index >= 15 is 0 Å². The van der Waals surface area contributed by atoms with Crippen LogP contribution in [0.2, 0.25) is 0 Å². The van der Waals surface area contributed by atoms with Gasteiger partial charge < -0.3 is 15.2 Å². The van der Waals surface area contributed by atoms with Crippen LogP contribution in [0.5, 0.6) is 5.75 Å². The van der Waals surface area contributed by atoms with Crippen LogP contribution in [-0.2, 0) is 6.54 Å². The van der Waals surface area contributed by atoms with Crippen LogP contribution >= 0.6 is 0 Å². The van der Waals surface area contributed by atoms with Crippen molar-refractivity contribution in [3.8, 4) is 5.75 Å². The molecule has 1 aromatic rings. The van der Waals surface area contributed by atoms with Gasteiger partial charge in [-0.15, -0.1) is 0 Å². The first-order valence-corrected chi connectivity index (χ1v) is 5.92. The van der Waals surface area contributed by atoms with Crippen molar-refractivity contribution >= 4 is 0 Å². The zero-order valence-electron chi connectivity index (χ0n) is 10.4. The monoisotopic (exact) mass is 236 g/mol. The number of β-amino-alcohol motifs (C(OH)–C–C–N with tert-alkyl or cyclic N) is 1. The van der Waals surface area contributed by atoms with Gasteiger partial charge in [-0.05, 0) is 24.7 Å². The third kappa shape index (κ3) is 2.97. The van der Waals surface area contributed by atoms with Gasteiger partial charge in [0.15, 0.2) is 0 Å². The maximum Gasteiger partial charge on any atom is 0.119 e. The predicted octanol–water partition coefficient (Wildman–Crippen LogP) is 0.460. The largest absolute Gasteiger partial charge is 0.497 e. The summed E-state index contributed by atoms with van der Waals surface area (Å²) < 4.78 is 5.20. The van der Waals surface area contributed by atoms with Crippen molar-refractivity contribution in [1.82, 2.24) is 10.2 Å². The molecule has 0 spiro atoms. The molecule has 0 radical (unpaired) electrons. The minimum atomic E-state index is -0.273. The Morgan fingerprint density at radius 3 is 2.94 bits per heavy atom. The molecule has 1 fully saturated rings. The Morgan fingerprint density at radius 2 is 2.29 bits per heavy atom. The number of hydrogen-bond acceptors (Lipinski definition) is 4. The summed E-state index contributed by atoms with van der Waals surface area (Å²) in [6, 6.07) is 8.24. The van der Waals surface area contributed by atoms with Crippen molar-refractivity contribution in [2.24, 2.45) is 0 Å². The fourth-order valence-corrected chi connectivity index (χ4v) is 2.28. The first kappa shape index (κ1) is 12.4. The van der Waals surface area contributed by atoms with Crippen LogP contribution in [0.4, 0.5) is 0 Å². The quantitative estimate of drug-likeness (QED) is 0.797. The van der Waals surface area contributed by atoms with Crippen molar-refractivity contribution in [2.75, 3.05) is 27.2 Å². The van der Waals surface area contributed by atoms with Crippen molar-refractivity contribution in [2.45, 2.75) is 18.7 Å². The van der Waals surface area contributed by atoms with Gasteiger partial charge in [0.1, 0.15) is 5.75 Å². The summed E-state index contributed by atoms with van der Waals surface area (Å²) in [6.45, 7) is 2.36.